The van der Waals surface area contributed by atoms with Crippen molar-refractivity contribution in [2.24, 2.45) is 10.4 Å². The van der Waals surface area contributed by atoms with Crippen molar-refractivity contribution in [3.63, 3.8) is 0 Å². The van der Waals surface area contributed by atoms with Gasteiger partial charge in [-0.3, -0.25) is 4.99 Å². The van der Waals surface area contributed by atoms with Gasteiger partial charge in [-0.25, -0.2) is 0 Å². The second kappa shape index (κ2) is 11.1. The fraction of sp³-hybridized carbons (Fsp3) is 0.667. The fourth-order valence-corrected chi connectivity index (χ4v) is 3.60. The fourth-order valence-electron chi connectivity index (χ4n) is 3.60. The lowest BCUT2D eigenvalue weighted by molar-refractivity contribution is 0.125. The molecule has 27 heavy (non-hydrogen) atoms. The zero-order valence-corrected chi connectivity index (χ0v) is 19.0. The first-order valence-electron chi connectivity index (χ1n) is 10.00. The van der Waals surface area contributed by atoms with Crippen molar-refractivity contribution in [3.8, 4) is 5.75 Å². The van der Waals surface area contributed by atoms with Crippen LogP contribution in [0.5, 0.6) is 5.75 Å². The molecule has 0 radical (unpaired) electrons. The van der Waals surface area contributed by atoms with Gasteiger partial charge in [-0.1, -0.05) is 18.2 Å². The van der Waals surface area contributed by atoms with E-state index in [1.165, 1.54) is 12.8 Å². The van der Waals surface area contributed by atoms with Crippen LogP contribution < -0.4 is 10.1 Å². The van der Waals surface area contributed by atoms with Gasteiger partial charge in [0.2, 0.25) is 0 Å². The predicted octanol–water partition coefficient (Wildman–Crippen LogP) is 3.93. The number of piperidine rings is 1. The molecule has 2 fully saturated rings. The summed E-state index contributed by atoms with van der Waals surface area (Å²) in [6.45, 7) is 6.73. The van der Waals surface area contributed by atoms with Gasteiger partial charge in [0.05, 0.1) is 0 Å². The van der Waals surface area contributed by atoms with E-state index in [0.29, 0.717) is 11.5 Å². The highest BCUT2D eigenvalue weighted by molar-refractivity contribution is 14.0. The third kappa shape index (κ3) is 6.82. The van der Waals surface area contributed by atoms with Crippen LogP contribution in [0, 0.1) is 5.41 Å². The summed E-state index contributed by atoms with van der Waals surface area (Å²) >= 11 is 0. The van der Waals surface area contributed by atoms with Gasteiger partial charge in [0, 0.05) is 52.7 Å². The molecule has 152 valence electrons. The van der Waals surface area contributed by atoms with Crippen LogP contribution in [0.3, 0.4) is 0 Å². The lowest BCUT2D eigenvalue weighted by Crippen LogP contribution is -2.48. The molecule has 1 N–H and O–H groups in total. The minimum absolute atomic E-state index is 0. The zero-order valence-electron chi connectivity index (χ0n) is 16.7. The lowest BCUT2D eigenvalue weighted by atomic mass is 10.0. The van der Waals surface area contributed by atoms with Crippen LogP contribution in [0.4, 0.5) is 0 Å². The second-order valence-corrected chi connectivity index (χ2v) is 7.47. The second-order valence-electron chi connectivity index (χ2n) is 7.47. The van der Waals surface area contributed by atoms with Crippen molar-refractivity contribution in [2.75, 3.05) is 39.9 Å². The molecular formula is C21H34IN3O2. The SMILES string of the molecule is CCOCCC1(CNC(=NC)N2CCC(Oc3ccccc3)CC2)CC1.I. The summed E-state index contributed by atoms with van der Waals surface area (Å²) in [5, 5.41) is 3.61. The van der Waals surface area contributed by atoms with Crippen LogP contribution in [-0.4, -0.2) is 56.9 Å². The smallest absolute Gasteiger partial charge is 0.193 e. The number of ether oxygens (including phenoxy) is 2. The maximum atomic E-state index is 6.10. The first-order valence-corrected chi connectivity index (χ1v) is 10.00. The van der Waals surface area contributed by atoms with Crippen molar-refractivity contribution in [1.82, 2.24) is 10.2 Å². The van der Waals surface area contributed by atoms with Gasteiger partial charge in [-0.2, -0.15) is 0 Å². The number of para-hydroxylation sites is 1. The summed E-state index contributed by atoms with van der Waals surface area (Å²) in [5.74, 6) is 2.00. The number of benzene rings is 1. The minimum Gasteiger partial charge on any atom is -0.490 e. The highest BCUT2D eigenvalue weighted by Gasteiger charge is 2.42. The monoisotopic (exact) mass is 487 g/mol. The quantitative estimate of drug-likeness (QED) is 0.261. The van der Waals surface area contributed by atoms with E-state index in [1.54, 1.807) is 0 Å². The third-order valence-electron chi connectivity index (χ3n) is 5.56. The molecule has 1 saturated heterocycles. The molecule has 1 aromatic rings. The van der Waals surface area contributed by atoms with E-state index in [1.807, 2.05) is 37.4 Å². The number of rotatable bonds is 8. The molecule has 3 rings (SSSR count). The number of nitrogens with one attached hydrogen (secondary N) is 1. The Hall–Kier alpha value is -1.02. The Morgan fingerprint density at radius 3 is 2.52 bits per heavy atom. The van der Waals surface area contributed by atoms with E-state index >= 15 is 0 Å². The summed E-state index contributed by atoms with van der Waals surface area (Å²) in [4.78, 5) is 6.87. The van der Waals surface area contributed by atoms with Crippen LogP contribution >= 0.6 is 24.0 Å². The highest BCUT2D eigenvalue weighted by atomic mass is 127. The van der Waals surface area contributed by atoms with Crippen molar-refractivity contribution >= 4 is 29.9 Å². The largest absolute Gasteiger partial charge is 0.490 e. The molecule has 0 amide bonds. The van der Waals surface area contributed by atoms with Crippen molar-refractivity contribution < 1.29 is 9.47 Å². The average molecular weight is 487 g/mol. The number of likely N-dealkylation sites (tertiary alicyclic amines) is 1. The Morgan fingerprint density at radius 2 is 1.93 bits per heavy atom. The molecule has 6 heteroatoms. The van der Waals surface area contributed by atoms with E-state index in [-0.39, 0.29) is 24.0 Å². The van der Waals surface area contributed by atoms with E-state index in [4.69, 9.17) is 9.47 Å². The number of hydrogen-bond donors (Lipinski definition) is 1. The predicted molar refractivity (Wildman–Crippen MR) is 121 cm³/mol. The molecular weight excluding hydrogens is 453 g/mol. The van der Waals surface area contributed by atoms with E-state index in [2.05, 4.69) is 22.1 Å². The Bertz CT molecular complexity index is 570. The number of halogens is 1. The summed E-state index contributed by atoms with van der Waals surface area (Å²) in [6.07, 6.45) is 6.12. The van der Waals surface area contributed by atoms with Gasteiger partial charge < -0.3 is 19.7 Å². The summed E-state index contributed by atoms with van der Waals surface area (Å²) in [5.41, 5.74) is 0.430. The molecule has 1 aromatic carbocycles. The standard InChI is InChI=1S/C21H33N3O2.HI/c1-3-25-16-13-21(11-12-21)17-23-20(22-2)24-14-9-19(10-15-24)26-18-7-5-4-6-8-18;/h4-8,19H,3,9-17H2,1-2H3,(H,22,23);1H. The Labute approximate surface area is 180 Å². The van der Waals surface area contributed by atoms with Crippen LogP contribution in [0.2, 0.25) is 0 Å². The molecule has 1 heterocycles. The first-order chi connectivity index (χ1) is 12.7. The van der Waals surface area contributed by atoms with E-state index < -0.39 is 0 Å². The zero-order chi connectivity index (χ0) is 18.2. The molecule has 1 aliphatic heterocycles. The lowest BCUT2D eigenvalue weighted by Gasteiger charge is -2.34. The first kappa shape index (κ1) is 22.3. The van der Waals surface area contributed by atoms with Crippen molar-refractivity contribution in [2.45, 2.75) is 45.1 Å². The molecule has 0 atom stereocenters. The molecule has 0 bridgehead atoms. The maximum absolute atomic E-state index is 6.10. The molecule has 2 aliphatic rings. The molecule has 0 unspecified atom stereocenters. The van der Waals surface area contributed by atoms with Gasteiger partial charge in [0.25, 0.3) is 0 Å². The normalized spacial score (nSPS) is 19.3. The average Bonchev–Trinajstić information content (AvgIpc) is 3.45. The van der Waals surface area contributed by atoms with Gasteiger partial charge in [0.1, 0.15) is 11.9 Å². The van der Waals surface area contributed by atoms with Crippen LogP contribution in [0.25, 0.3) is 0 Å². The summed E-state index contributed by atoms with van der Waals surface area (Å²) in [6, 6.07) is 10.1. The van der Waals surface area contributed by atoms with Gasteiger partial charge in [-0.15, -0.1) is 24.0 Å². The summed E-state index contributed by atoms with van der Waals surface area (Å²) < 4.78 is 11.6. The Kier molecular flexibility index (Phi) is 9.15. The molecule has 1 saturated carbocycles. The Balaban J connectivity index is 0.00000261. The molecule has 1 aliphatic carbocycles. The van der Waals surface area contributed by atoms with Gasteiger partial charge in [-0.05, 0) is 43.7 Å². The van der Waals surface area contributed by atoms with Crippen LogP contribution in [-0.2, 0) is 4.74 Å². The number of guanidine groups is 1. The maximum Gasteiger partial charge on any atom is 0.193 e. The Morgan fingerprint density at radius 1 is 1.22 bits per heavy atom. The van der Waals surface area contributed by atoms with Crippen molar-refractivity contribution in [3.05, 3.63) is 30.3 Å². The van der Waals surface area contributed by atoms with Gasteiger partial charge >= 0.3 is 0 Å². The highest BCUT2D eigenvalue weighted by Crippen LogP contribution is 2.48. The number of nitrogens with zero attached hydrogens (tertiary/aromatic N) is 2. The number of hydrogen-bond acceptors (Lipinski definition) is 3. The molecule has 0 spiro atoms. The third-order valence-corrected chi connectivity index (χ3v) is 5.56. The van der Waals surface area contributed by atoms with Crippen LogP contribution in [0.15, 0.2) is 35.3 Å². The number of aliphatic imine (C=N–C) groups is 1. The van der Waals surface area contributed by atoms with E-state index in [9.17, 15) is 0 Å². The minimum atomic E-state index is 0. The van der Waals surface area contributed by atoms with E-state index in [0.717, 1.165) is 63.8 Å². The van der Waals surface area contributed by atoms with Gasteiger partial charge in [0.15, 0.2) is 5.96 Å². The summed E-state index contributed by atoms with van der Waals surface area (Å²) in [7, 11) is 1.88. The molecule has 0 aromatic heterocycles. The topological polar surface area (TPSA) is 46.1 Å². The van der Waals surface area contributed by atoms with Crippen molar-refractivity contribution in [1.29, 1.82) is 0 Å². The molecule has 5 nitrogen and oxygen atoms in total. The van der Waals surface area contributed by atoms with Crippen LogP contribution in [0.1, 0.15) is 39.0 Å².